The van der Waals surface area contributed by atoms with Crippen LogP contribution in [-0.2, 0) is 0 Å². The second kappa shape index (κ2) is 4.92. The third-order valence-corrected chi connectivity index (χ3v) is 5.69. The number of fused-ring (bicyclic) bond motifs is 2. The van der Waals surface area contributed by atoms with Crippen LogP contribution in [0.15, 0.2) is 22.8 Å². The number of rotatable bonds is 2. The summed E-state index contributed by atoms with van der Waals surface area (Å²) in [6.07, 6.45) is 7.41. The van der Waals surface area contributed by atoms with Crippen molar-refractivity contribution in [3.63, 3.8) is 0 Å². The van der Waals surface area contributed by atoms with E-state index in [0.29, 0.717) is 5.76 Å². The van der Waals surface area contributed by atoms with Crippen LogP contribution in [0.4, 0.5) is 0 Å². The van der Waals surface area contributed by atoms with Crippen molar-refractivity contribution in [1.82, 2.24) is 4.90 Å². The smallest absolute Gasteiger partial charge is 0.289 e. The average Bonchev–Trinajstić information content (AvgIpc) is 3.23. The van der Waals surface area contributed by atoms with Crippen LogP contribution in [-0.4, -0.2) is 43.0 Å². The summed E-state index contributed by atoms with van der Waals surface area (Å²) in [7, 11) is 0. The largest absolute Gasteiger partial charge is 0.459 e. The normalized spacial score (nSPS) is 33.8. The van der Waals surface area contributed by atoms with Gasteiger partial charge in [-0.1, -0.05) is 0 Å². The number of nitrogens with one attached hydrogen (secondary N) is 1. The molecule has 1 aliphatic heterocycles. The van der Waals surface area contributed by atoms with Gasteiger partial charge in [-0.25, -0.2) is 0 Å². The molecule has 2 bridgehead atoms. The highest BCUT2D eigenvalue weighted by Crippen LogP contribution is 2.43. The van der Waals surface area contributed by atoms with Gasteiger partial charge in [-0.15, -0.1) is 0 Å². The summed E-state index contributed by atoms with van der Waals surface area (Å²) >= 11 is 0. The van der Waals surface area contributed by atoms with Crippen molar-refractivity contribution in [3.8, 4) is 0 Å². The molecule has 1 amide bonds. The van der Waals surface area contributed by atoms with Gasteiger partial charge >= 0.3 is 0 Å². The Bertz CT molecular complexity index is 477. The van der Waals surface area contributed by atoms with Gasteiger partial charge < -0.3 is 14.2 Å². The molecule has 0 spiro atoms. The van der Waals surface area contributed by atoms with E-state index in [1.165, 1.54) is 25.7 Å². The van der Waals surface area contributed by atoms with Gasteiger partial charge in [0, 0.05) is 12.3 Å². The van der Waals surface area contributed by atoms with E-state index >= 15 is 0 Å². The molecule has 4 rings (SSSR count). The van der Waals surface area contributed by atoms with E-state index in [1.54, 1.807) is 23.3 Å². The van der Waals surface area contributed by atoms with Crippen LogP contribution in [0.1, 0.15) is 36.2 Å². The molecule has 108 valence electrons. The zero-order valence-corrected chi connectivity index (χ0v) is 11.9. The first kappa shape index (κ1) is 12.5. The fourth-order valence-electron chi connectivity index (χ4n) is 4.67. The first-order valence-electron chi connectivity index (χ1n) is 7.98. The Kier molecular flexibility index (Phi) is 3.06. The second-order valence-corrected chi connectivity index (χ2v) is 6.71. The minimum atomic E-state index is 0.0574. The van der Waals surface area contributed by atoms with E-state index < -0.39 is 0 Å². The zero-order valence-electron chi connectivity index (χ0n) is 11.9. The molecule has 1 saturated heterocycles. The fourth-order valence-corrected chi connectivity index (χ4v) is 4.67. The summed E-state index contributed by atoms with van der Waals surface area (Å²) in [6, 6.07) is 4.43. The minimum Gasteiger partial charge on any atom is -0.459 e. The van der Waals surface area contributed by atoms with Gasteiger partial charge in [-0.2, -0.15) is 0 Å². The molecule has 1 aromatic rings. The molecule has 0 unspecified atom stereocenters. The van der Waals surface area contributed by atoms with Gasteiger partial charge in [0.1, 0.15) is 0 Å². The topological polar surface area (TPSA) is 37.9 Å². The highest BCUT2D eigenvalue weighted by atomic mass is 16.3. The Morgan fingerprint density at radius 3 is 2.70 bits per heavy atom. The summed E-state index contributed by atoms with van der Waals surface area (Å²) in [5.41, 5.74) is 0. The molecule has 3 aliphatic rings. The Labute approximate surface area is 119 Å². The SMILES string of the molecule is O=C(c1ccco1)N1CC[NH+]([C@H]2C[C@@H]3CC[C@H]2C3)CC1. The molecule has 1 N–H and O–H groups in total. The van der Waals surface area contributed by atoms with Gasteiger partial charge in [0.25, 0.3) is 5.91 Å². The number of carbonyl (C=O) groups is 1. The molecule has 4 heteroatoms. The van der Waals surface area contributed by atoms with Crippen molar-refractivity contribution in [2.75, 3.05) is 26.2 Å². The third-order valence-electron chi connectivity index (χ3n) is 5.69. The third kappa shape index (κ3) is 2.06. The van der Waals surface area contributed by atoms with E-state index in [-0.39, 0.29) is 5.91 Å². The molecule has 0 aromatic carbocycles. The Morgan fingerprint density at radius 1 is 1.25 bits per heavy atom. The number of piperazine rings is 1. The number of carbonyl (C=O) groups excluding carboxylic acids is 1. The van der Waals surface area contributed by atoms with Gasteiger partial charge in [0.2, 0.25) is 0 Å². The highest BCUT2D eigenvalue weighted by molar-refractivity contribution is 5.91. The van der Waals surface area contributed by atoms with Gasteiger partial charge in [-0.3, -0.25) is 4.79 Å². The van der Waals surface area contributed by atoms with Crippen LogP contribution in [0.2, 0.25) is 0 Å². The van der Waals surface area contributed by atoms with Crippen LogP contribution in [0.25, 0.3) is 0 Å². The number of hydrogen-bond donors (Lipinski definition) is 1. The predicted octanol–water partition coefficient (Wildman–Crippen LogP) is 0.809. The van der Waals surface area contributed by atoms with Crippen molar-refractivity contribution in [3.05, 3.63) is 24.2 Å². The first-order valence-corrected chi connectivity index (χ1v) is 7.98. The lowest BCUT2D eigenvalue weighted by Gasteiger charge is -2.38. The Hall–Kier alpha value is -1.29. The zero-order chi connectivity index (χ0) is 13.5. The molecule has 20 heavy (non-hydrogen) atoms. The van der Waals surface area contributed by atoms with Gasteiger partial charge in [0.05, 0.1) is 38.5 Å². The fraction of sp³-hybridized carbons (Fsp3) is 0.688. The van der Waals surface area contributed by atoms with Crippen LogP contribution in [0, 0.1) is 11.8 Å². The predicted molar refractivity (Wildman–Crippen MR) is 74.5 cm³/mol. The molecule has 1 aromatic heterocycles. The lowest BCUT2D eigenvalue weighted by atomic mass is 9.93. The van der Waals surface area contributed by atoms with Crippen LogP contribution < -0.4 is 4.90 Å². The van der Waals surface area contributed by atoms with Gasteiger partial charge in [-0.05, 0) is 37.3 Å². The van der Waals surface area contributed by atoms with Gasteiger partial charge in [0.15, 0.2) is 5.76 Å². The van der Waals surface area contributed by atoms with E-state index in [2.05, 4.69) is 0 Å². The summed E-state index contributed by atoms with van der Waals surface area (Å²) < 4.78 is 5.22. The molecular weight excluding hydrogens is 252 g/mol. The lowest BCUT2D eigenvalue weighted by molar-refractivity contribution is -0.932. The molecular formula is C16H23N2O2+. The van der Waals surface area contributed by atoms with Crippen molar-refractivity contribution in [2.24, 2.45) is 11.8 Å². The first-order chi connectivity index (χ1) is 9.81. The molecule has 3 atom stereocenters. The maximum absolute atomic E-state index is 12.2. The quantitative estimate of drug-likeness (QED) is 0.867. The molecule has 2 saturated carbocycles. The summed E-state index contributed by atoms with van der Waals surface area (Å²) in [5, 5.41) is 0. The lowest BCUT2D eigenvalue weighted by Crippen LogP contribution is -3.18. The standard InChI is InChI=1S/C16H22N2O2/c19-16(15-2-1-9-20-15)18-7-5-17(6-8-18)14-11-12-3-4-13(14)10-12/h1-2,9,12-14H,3-8,10-11H2/p+1/t12-,13+,14+/m1/s1. The Balaban J connectivity index is 1.35. The minimum absolute atomic E-state index is 0.0574. The number of nitrogens with zero attached hydrogens (tertiary/aromatic N) is 1. The van der Waals surface area contributed by atoms with E-state index in [0.717, 1.165) is 44.1 Å². The summed E-state index contributed by atoms with van der Waals surface area (Å²) in [5.74, 6) is 2.53. The second-order valence-electron chi connectivity index (χ2n) is 6.71. The van der Waals surface area contributed by atoms with Crippen molar-refractivity contribution in [1.29, 1.82) is 0 Å². The summed E-state index contributed by atoms with van der Waals surface area (Å²) in [6.45, 7) is 3.98. The van der Waals surface area contributed by atoms with Crippen molar-refractivity contribution < 1.29 is 14.1 Å². The van der Waals surface area contributed by atoms with E-state index in [9.17, 15) is 4.79 Å². The van der Waals surface area contributed by atoms with E-state index in [1.807, 2.05) is 4.90 Å². The van der Waals surface area contributed by atoms with Crippen LogP contribution in [0.3, 0.4) is 0 Å². The molecule has 2 heterocycles. The summed E-state index contributed by atoms with van der Waals surface area (Å²) in [4.78, 5) is 15.9. The van der Waals surface area contributed by atoms with Crippen LogP contribution in [0.5, 0.6) is 0 Å². The van der Waals surface area contributed by atoms with Crippen molar-refractivity contribution in [2.45, 2.75) is 31.7 Å². The average molecular weight is 275 g/mol. The molecule has 2 aliphatic carbocycles. The number of furan rings is 1. The molecule has 3 fully saturated rings. The number of amides is 1. The Morgan fingerprint density at radius 2 is 2.10 bits per heavy atom. The molecule has 4 nitrogen and oxygen atoms in total. The maximum Gasteiger partial charge on any atom is 0.289 e. The monoisotopic (exact) mass is 275 g/mol. The van der Waals surface area contributed by atoms with E-state index in [4.69, 9.17) is 4.42 Å². The number of quaternary nitrogens is 1. The maximum atomic E-state index is 12.2. The van der Waals surface area contributed by atoms with Crippen molar-refractivity contribution >= 4 is 5.91 Å². The molecule has 0 radical (unpaired) electrons. The number of hydrogen-bond acceptors (Lipinski definition) is 2. The highest BCUT2D eigenvalue weighted by Gasteiger charge is 2.45. The van der Waals surface area contributed by atoms with Crippen LogP contribution >= 0.6 is 0 Å².